The lowest BCUT2D eigenvalue weighted by molar-refractivity contribution is -0.133. The van der Waals surface area contributed by atoms with Gasteiger partial charge in [0.2, 0.25) is 5.91 Å². The maximum atomic E-state index is 12.2. The van der Waals surface area contributed by atoms with Crippen molar-refractivity contribution in [2.75, 3.05) is 6.54 Å². The van der Waals surface area contributed by atoms with Gasteiger partial charge in [0.15, 0.2) is 0 Å². The normalized spacial score (nSPS) is 18.4. The summed E-state index contributed by atoms with van der Waals surface area (Å²) in [6.07, 6.45) is 16.1. The Kier molecular flexibility index (Phi) is 7.94. The second-order valence-electron chi connectivity index (χ2n) is 6.45. The molecule has 0 spiro atoms. The molecule has 1 unspecified atom stereocenters. The van der Waals surface area contributed by atoms with Crippen LogP contribution in [0.1, 0.15) is 85.0 Å². The van der Waals surface area contributed by atoms with Gasteiger partial charge in [0.1, 0.15) is 0 Å². The molecular weight excluding hydrogens is 246 g/mol. The van der Waals surface area contributed by atoms with E-state index in [0.29, 0.717) is 0 Å². The Morgan fingerprint density at radius 1 is 1.05 bits per heavy atom. The highest BCUT2D eigenvalue weighted by Gasteiger charge is 2.33. The van der Waals surface area contributed by atoms with Gasteiger partial charge in [-0.05, 0) is 32.3 Å². The number of hydrogen-bond donors (Lipinski definition) is 0. The molecule has 0 aromatic heterocycles. The molecule has 116 valence electrons. The highest BCUT2D eigenvalue weighted by molar-refractivity contribution is 5.89. The highest BCUT2D eigenvalue weighted by atomic mass is 16.2. The van der Waals surface area contributed by atoms with E-state index < -0.39 is 0 Å². The first-order chi connectivity index (χ1) is 9.64. The van der Waals surface area contributed by atoms with Crippen LogP contribution in [0.3, 0.4) is 0 Å². The minimum absolute atomic E-state index is 0.0742. The molecule has 2 heteroatoms. The summed E-state index contributed by atoms with van der Waals surface area (Å²) >= 11 is 0. The molecular formula is C18H33NO. The maximum absolute atomic E-state index is 12.2. The highest BCUT2D eigenvalue weighted by Crippen LogP contribution is 2.30. The zero-order valence-corrected chi connectivity index (χ0v) is 13.8. The first-order valence-electron chi connectivity index (χ1n) is 8.62. The van der Waals surface area contributed by atoms with Gasteiger partial charge in [-0.2, -0.15) is 0 Å². The number of amides is 1. The van der Waals surface area contributed by atoms with E-state index in [-0.39, 0.29) is 11.4 Å². The first kappa shape index (κ1) is 17.3. The molecule has 1 aliphatic rings. The first-order valence-corrected chi connectivity index (χ1v) is 8.62. The van der Waals surface area contributed by atoms with Crippen molar-refractivity contribution in [2.45, 2.75) is 90.5 Å². The standard InChI is InChI=1S/C18H33NO/c1-4-6-8-11-15-18(3,14-10-7-5-2)19-16-12-9-13-17(19)20/h9,13H,4-8,10-12,14-16H2,1-3H3. The summed E-state index contributed by atoms with van der Waals surface area (Å²) < 4.78 is 0. The zero-order chi connectivity index (χ0) is 14.8. The molecule has 0 aliphatic carbocycles. The van der Waals surface area contributed by atoms with Gasteiger partial charge in [0, 0.05) is 12.1 Å². The van der Waals surface area contributed by atoms with Gasteiger partial charge in [0.05, 0.1) is 0 Å². The number of carbonyl (C=O) groups excluding carboxylic acids is 1. The molecule has 1 atom stereocenters. The summed E-state index contributed by atoms with van der Waals surface area (Å²) in [4.78, 5) is 14.3. The zero-order valence-electron chi connectivity index (χ0n) is 13.8. The molecule has 0 radical (unpaired) electrons. The third-order valence-electron chi connectivity index (χ3n) is 4.59. The summed E-state index contributed by atoms with van der Waals surface area (Å²) in [6, 6.07) is 0. The third kappa shape index (κ3) is 5.30. The van der Waals surface area contributed by atoms with Crippen LogP contribution in [0.5, 0.6) is 0 Å². The number of unbranched alkanes of at least 4 members (excludes halogenated alkanes) is 5. The van der Waals surface area contributed by atoms with Crippen LogP contribution in [0.2, 0.25) is 0 Å². The van der Waals surface area contributed by atoms with E-state index in [1.807, 2.05) is 6.08 Å². The van der Waals surface area contributed by atoms with E-state index >= 15 is 0 Å². The smallest absolute Gasteiger partial charge is 0.246 e. The average molecular weight is 279 g/mol. The van der Waals surface area contributed by atoms with Gasteiger partial charge in [0.25, 0.3) is 0 Å². The predicted molar refractivity (Wildman–Crippen MR) is 86.8 cm³/mol. The molecule has 1 heterocycles. The molecule has 1 aliphatic heterocycles. The van der Waals surface area contributed by atoms with Crippen LogP contribution < -0.4 is 0 Å². The van der Waals surface area contributed by atoms with Crippen molar-refractivity contribution < 1.29 is 4.79 Å². The Labute approximate surface area is 125 Å². The van der Waals surface area contributed by atoms with Crippen LogP contribution in [0, 0.1) is 0 Å². The van der Waals surface area contributed by atoms with Crippen LogP contribution in [0.25, 0.3) is 0 Å². The summed E-state index contributed by atoms with van der Waals surface area (Å²) in [5, 5.41) is 0. The Morgan fingerprint density at radius 2 is 1.65 bits per heavy atom. The van der Waals surface area contributed by atoms with Crippen LogP contribution in [0.15, 0.2) is 12.2 Å². The fraction of sp³-hybridized carbons (Fsp3) is 0.833. The topological polar surface area (TPSA) is 20.3 Å². The molecule has 0 aromatic carbocycles. The van der Waals surface area contributed by atoms with Gasteiger partial charge in [-0.25, -0.2) is 0 Å². The Balaban J connectivity index is 2.61. The minimum Gasteiger partial charge on any atom is -0.333 e. The van der Waals surface area contributed by atoms with E-state index in [2.05, 4.69) is 25.7 Å². The molecule has 0 fully saturated rings. The lowest BCUT2D eigenvalue weighted by Crippen LogP contribution is -2.50. The average Bonchev–Trinajstić information content (AvgIpc) is 2.44. The summed E-state index contributed by atoms with van der Waals surface area (Å²) in [6.45, 7) is 7.71. The van der Waals surface area contributed by atoms with Crippen molar-refractivity contribution >= 4 is 5.91 Å². The van der Waals surface area contributed by atoms with Gasteiger partial charge in [-0.3, -0.25) is 4.79 Å². The van der Waals surface area contributed by atoms with Gasteiger partial charge < -0.3 is 4.90 Å². The SMILES string of the molecule is CCCCCCC(C)(CCCCC)N1CCC=CC1=O. The van der Waals surface area contributed by atoms with Crippen molar-refractivity contribution in [3.8, 4) is 0 Å². The van der Waals surface area contributed by atoms with Gasteiger partial charge >= 0.3 is 0 Å². The molecule has 1 rings (SSSR count). The van der Waals surface area contributed by atoms with Gasteiger partial charge in [-0.15, -0.1) is 0 Å². The fourth-order valence-electron chi connectivity index (χ4n) is 3.21. The van der Waals surface area contributed by atoms with Gasteiger partial charge in [-0.1, -0.05) is 64.9 Å². The largest absolute Gasteiger partial charge is 0.333 e. The molecule has 0 saturated carbocycles. The van der Waals surface area contributed by atoms with Crippen molar-refractivity contribution in [2.24, 2.45) is 0 Å². The Morgan fingerprint density at radius 3 is 2.25 bits per heavy atom. The van der Waals surface area contributed by atoms with E-state index in [0.717, 1.165) is 25.8 Å². The Bertz CT molecular complexity index is 311. The molecule has 0 aromatic rings. The molecule has 2 nitrogen and oxygen atoms in total. The van der Waals surface area contributed by atoms with Crippen molar-refractivity contribution in [1.29, 1.82) is 0 Å². The summed E-state index contributed by atoms with van der Waals surface area (Å²) in [5.41, 5.74) is 0.0742. The predicted octanol–water partition coefficient (Wildman–Crippen LogP) is 5.08. The summed E-state index contributed by atoms with van der Waals surface area (Å²) in [5.74, 6) is 0.228. The van der Waals surface area contributed by atoms with Crippen molar-refractivity contribution in [1.82, 2.24) is 4.90 Å². The molecule has 20 heavy (non-hydrogen) atoms. The second kappa shape index (κ2) is 9.20. The number of carbonyl (C=O) groups is 1. The second-order valence-corrected chi connectivity index (χ2v) is 6.45. The van der Waals surface area contributed by atoms with Crippen molar-refractivity contribution in [3.05, 3.63) is 12.2 Å². The lowest BCUT2D eigenvalue weighted by atomic mass is 9.85. The fourth-order valence-corrected chi connectivity index (χ4v) is 3.21. The molecule has 0 saturated heterocycles. The van der Waals surface area contributed by atoms with Crippen LogP contribution >= 0.6 is 0 Å². The maximum Gasteiger partial charge on any atom is 0.246 e. The number of hydrogen-bond acceptors (Lipinski definition) is 1. The summed E-state index contributed by atoms with van der Waals surface area (Å²) in [7, 11) is 0. The number of nitrogens with zero attached hydrogens (tertiary/aromatic N) is 1. The minimum atomic E-state index is 0.0742. The quantitative estimate of drug-likeness (QED) is 0.510. The van der Waals surface area contributed by atoms with E-state index in [1.54, 1.807) is 6.08 Å². The Hall–Kier alpha value is -0.790. The van der Waals surface area contributed by atoms with Crippen LogP contribution in [-0.4, -0.2) is 22.9 Å². The molecule has 1 amide bonds. The number of rotatable bonds is 10. The van der Waals surface area contributed by atoms with Crippen LogP contribution in [-0.2, 0) is 4.79 Å². The van der Waals surface area contributed by atoms with E-state index in [9.17, 15) is 4.79 Å². The molecule has 0 N–H and O–H groups in total. The monoisotopic (exact) mass is 279 g/mol. The molecule has 0 bridgehead atoms. The third-order valence-corrected chi connectivity index (χ3v) is 4.59. The van der Waals surface area contributed by atoms with Crippen LogP contribution in [0.4, 0.5) is 0 Å². The lowest BCUT2D eigenvalue weighted by Gasteiger charge is -2.43. The van der Waals surface area contributed by atoms with E-state index in [1.165, 1.54) is 44.9 Å². The van der Waals surface area contributed by atoms with E-state index in [4.69, 9.17) is 0 Å². The van der Waals surface area contributed by atoms with Crippen molar-refractivity contribution in [3.63, 3.8) is 0 Å².